The van der Waals surface area contributed by atoms with Crippen molar-refractivity contribution in [2.24, 2.45) is 0 Å². The molecule has 0 saturated carbocycles. The van der Waals surface area contributed by atoms with E-state index in [2.05, 4.69) is 25.7 Å². The third-order valence-corrected chi connectivity index (χ3v) is 3.48. The lowest BCUT2D eigenvalue weighted by Crippen LogP contribution is -2.26. The number of benzene rings is 1. The highest BCUT2D eigenvalue weighted by molar-refractivity contribution is 5.90. The zero-order valence-corrected chi connectivity index (χ0v) is 13.4. The van der Waals surface area contributed by atoms with Crippen LogP contribution in [0.5, 0.6) is 0 Å². The molecule has 136 valence electrons. The van der Waals surface area contributed by atoms with Crippen LogP contribution in [0.4, 0.5) is 13.2 Å². The second-order valence-corrected chi connectivity index (χ2v) is 5.36. The summed E-state index contributed by atoms with van der Waals surface area (Å²) in [6.45, 7) is 1.11. The van der Waals surface area contributed by atoms with E-state index >= 15 is 0 Å². The molecule has 11 heteroatoms. The summed E-state index contributed by atoms with van der Waals surface area (Å²) in [5.74, 6) is -0.665. The van der Waals surface area contributed by atoms with Gasteiger partial charge in [0, 0.05) is 25.5 Å². The van der Waals surface area contributed by atoms with Gasteiger partial charge >= 0.3 is 6.18 Å². The van der Waals surface area contributed by atoms with Gasteiger partial charge < -0.3 is 9.88 Å². The predicted molar refractivity (Wildman–Crippen MR) is 83.3 cm³/mol. The number of alkyl halides is 3. The minimum atomic E-state index is -4.42. The number of rotatable bonds is 6. The first kappa shape index (κ1) is 17.6. The highest BCUT2D eigenvalue weighted by Crippen LogP contribution is 2.29. The van der Waals surface area contributed by atoms with E-state index < -0.39 is 17.6 Å². The number of aromatic nitrogens is 6. The molecule has 0 unspecified atom stereocenters. The zero-order chi connectivity index (χ0) is 18.6. The highest BCUT2D eigenvalue weighted by Gasteiger charge is 2.30. The first-order valence-corrected chi connectivity index (χ1v) is 7.65. The van der Waals surface area contributed by atoms with Crippen molar-refractivity contribution in [1.29, 1.82) is 0 Å². The summed E-state index contributed by atoms with van der Waals surface area (Å²) in [4.78, 5) is 16.9. The average Bonchev–Trinajstić information content (AvgIpc) is 3.29. The molecule has 0 aliphatic heterocycles. The van der Waals surface area contributed by atoms with Gasteiger partial charge in [-0.15, -0.1) is 15.0 Å². The van der Waals surface area contributed by atoms with Gasteiger partial charge in [-0.1, -0.05) is 0 Å². The van der Waals surface area contributed by atoms with Crippen molar-refractivity contribution < 1.29 is 18.0 Å². The molecule has 3 aromatic rings. The van der Waals surface area contributed by atoms with E-state index in [4.69, 9.17) is 0 Å². The molecule has 8 nitrogen and oxygen atoms in total. The molecule has 2 heterocycles. The lowest BCUT2D eigenvalue weighted by Gasteiger charge is -2.06. The van der Waals surface area contributed by atoms with Crippen LogP contribution in [0.1, 0.15) is 22.6 Å². The molecule has 1 aromatic carbocycles. The molecule has 0 bridgehead atoms. The van der Waals surface area contributed by atoms with Crippen LogP contribution in [0, 0.1) is 0 Å². The fourth-order valence-electron chi connectivity index (χ4n) is 2.16. The van der Waals surface area contributed by atoms with Crippen molar-refractivity contribution in [2.75, 3.05) is 6.54 Å². The molecule has 1 amide bonds. The maximum Gasteiger partial charge on any atom is 0.416 e. The number of hydrogen-bond donors (Lipinski definition) is 1. The summed E-state index contributed by atoms with van der Waals surface area (Å²) < 4.78 is 39.6. The highest BCUT2D eigenvalue weighted by atomic mass is 19.4. The second-order valence-electron chi connectivity index (χ2n) is 5.36. The average molecular weight is 365 g/mol. The quantitative estimate of drug-likeness (QED) is 0.672. The summed E-state index contributed by atoms with van der Waals surface area (Å²) >= 11 is 0. The lowest BCUT2D eigenvalue weighted by molar-refractivity contribution is -0.137. The molecule has 0 fully saturated rings. The number of hydrogen-bond acceptors (Lipinski definition) is 5. The number of carbonyl (C=O) groups excluding carboxylic acids is 1. The van der Waals surface area contributed by atoms with E-state index in [0.29, 0.717) is 19.5 Å². The standard InChI is InChI=1S/C15H14F3N7O/c16-15(17,18)11-2-4-12(5-3-11)25-22-13(21-23-25)14(26)20-6-1-8-24-9-7-19-10-24/h2-5,7,9-10H,1,6,8H2,(H,20,26). The smallest absolute Gasteiger partial charge is 0.349 e. The fraction of sp³-hybridized carbons (Fsp3) is 0.267. The summed E-state index contributed by atoms with van der Waals surface area (Å²) in [5.41, 5.74) is -0.512. The molecule has 26 heavy (non-hydrogen) atoms. The number of carbonyl (C=O) groups is 1. The number of tetrazole rings is 1. The first-order valence-electron chi connectivity index (χ1n) is 7.65. The maximum atomic E-state index is 12.6. The van der Waals surface area contributed by atoms with Gasteiger partial charge in [0.15, 0.2) is 0 Å². The molecule has 0 saturated heterocycles. The lowest BCUT2D eigenvalue weighted by atomic mass is 10.2. The third kappa shape index (κ3) is 4.23. The van der Waals surface area contributed by atoms with Crippen molar-refractivity contribution >= 4 is 5.91 Å². The van der Waals surface area contributed by atoms with Crippen LogP contribution < -0.4 is 5.32 Å². The molecule has 3 rings (SSSR count). The molecular weight excluding hydrogens is 351 g/mol. The fourth-order valence-corrected chi connectivity index (χ4v) is 2.16. The second kappa shape index (κ2) is 7.33. The number of imidazole rings is 1. The van der Waals surface area contributed by atoms with Crippen LogP contribution >= 0.6 is 0 Å². The molecular formula is C15H14F3N7O. The third-order valence-electron chi connectivity index (χ3n) is 3.48. The predicted octanol–water partition coefficient (Wildman–Crippen LogP) is 1.70. The normalized spacial score (nSPS) is 11.5. The van der Waals surface area contributed by atoms with E-state index in [1.165, 1.54) is 12.1 Å². The molecule has 0 aliphatic carbocycles. The van der Waals surface area contributed by atoms with Crippen molar-refractivity contribution in [3.63, 3.8) is 0 Å². The van der Waals surface area contributed by atoms with Gasteiger partial charge in [-0.05, 0) is 35.9 Å². The van der Waals surface area contributed by atoms with Crippen LogP contribution in [0.2, 0.25) is 0 Å². The van der Waals surface area contributed by atoms with E-state index in [-0.39, 0.29) is 11.5 Å². The Morgan fingerprint density at radius 1 is 1.19 bits per heavy atom. The van der Waals surface area contributed by atoms with Gasteiger partial charge in [-0.25, -0.2) is 4.98 Å². The Labute approximate surface area is 145 Å². The van der Waals surface area contributed by atoms with Crippen molar-refractivity contribution in [3.8, 4) is 5.69 Å². The van der Waals surface area contributed by atoms with E-state index in [9.17, 15) is 18.0 Å². The Kier molecular flexibility index (Phi) is 4.96. The largest absolute Gasteiger partial charge is 0.416 e. The SMILES string of the molecule is O=C(NCCCn1ccnc1)c1nnn(-c2ccc(C(F)(F)F)cc2)n1. The summed E-state index contributed by atoms with van der Waals surface area (Å²) in [7, 11) is 0. The Hall–Kier alpha value is -3.24. The number of aryl methyl sites for hydroxylation is 1. The van der Waals surface area contributed by atoms with Crippen LogP contribution in [0.15, 0.2) is 43.0 Å². The molecule has 2 aromatic heterocycles. The molecule has 0 atom stereocenters. The van der Waals surface area contributed by atoms with E-state index in [1.807, 2.05) is 10.8 Å². The van der Waals surface area contributed by atoms with E-state index in [1.54, 1.807) is 12.5 Å². The Balaban J connectivity index is 1.55. The maximum absolute atomic E-state index is 12.6. The van der Waals surface area contributed by atoms with Gasteiger partial charge in [-0.2, -0.15) is 13.2 Å². The Morgan fingerprint density at radius 3 is 2.62 bits per heavy atom. The zero-order valence-electron chi connectivity index (χ0n) is 13.4. The minimum absolute atomic E-state index is 0.160. The topological polar surface area (TPSA) is 90.5 Å². The molecule has 0 aliphatic rings. The number of nitrogens with zero attached hydrogens (tertiary/aromatic N) is 6. The summed E-state index contributed by atoms with van der Waals surface area (Å²) in [6.07, 6.45) is 1.44. The van der Waals surface area contributed by atoms with Gasteiger partial charge in [0.25, 0.3) is 11.7 Å². The number of halogens is 3. The van der Waals surface area contributed by atoms with Crippen LogP contribution in [-0.2, 0) is 12.7 Å². The Morgan fingerprint density at radius 2 is 1.96 bits per heavy atom. The summed E-state index contributed by atoms with van der Waals surface area (Å²) in [5, 5.41) is 13.9. The number of amides is 1. The summed E-state index contributed by atoms with van der Waals surface area (Å²) in [6, 6.07) is 4.23. The van der Waals surface area contributed by atoms with Gasteiger partial charge in [0.05, 0.1) is 17.6 Å². The monoisotopic (exact) mass is 365 g/mol. The van der Waals surface area contributed by atoms with Gasteiger partial charge in [0.2, 0.25) is 0 Å². The molecule has 0 spiro atoms. The van der Waals surface area contributed by atoms with Crippen molar-refractivity contribution in [2.45, 2.75) is 19.1 Å². The van der Waals surface area contributed by atoms with Crippen LogP contribution in [0.3, 0.4) is 0 Å². The van der Waals surface area contributed by atoms with Crippen LogP contribution in [-0.4, -0.2) is 42.2 Å². The molecule has 0 radical (unpaired) electrons. The van der Waals surface area contributed by atoms with Crippen molar-refractivity contribution in [1.82, 2.24) is 35.1 Å². The van der Waals surface area contributed by atoms with E-state index in [0.717, 1.165) is 16.9 Å². The van der Waals surface area contributed by atoms with Gasteiger partial charge in [-0.3, -0.25) is 4.79 Å². The Bertz CT molecular complexity index is 856. The van der Waals surface area contributed by atoms with Crippen molar-refractivity contribution in [3.05, 3.63) is 54.4 Å². The first-order chi connectivity index (χ1) is 12.4. The van der Waals surface area contributed by atoms with Crippen LogP contribution in [0.25, 0.3) is 5.69 Å². The number of nitrogens with one attached hydrogen (secondary N) is 1. The minimum Gasteiger partial charge on any atom is -0.349 e. The molecule has 1 N–H and O–H groups in total. The van der Waals surface area contributed by atoms with Gasteiger partial charge in [0.1, 0.15) is 0 Å².